The molecule has 96 valence electrons. The van der Waals surface area contributed by atoms with Gasteiger partial charge in [-0.1, -0.05) is 0 Å². The Bertz CT molecular complexity index is 381. The van der Waals surface area contributed by atoms with Gasteiger partial charge >= 0.3 is 0 Å². The highest BCUT2D eigenvalue weighted by atomic mass is 35.5. The lowest BCUT2D eigenvalue weighted by molar-refractivity contribution is 0.0919. The Kier molecular flexibility index (Phi) is 4.99. The minimum Gasteiger partial charge on any atom is -0.391 e. The zero-order chi connectivity index (χ0) is 11.5. The standard InChI is InChI=1S/C11H17N3O2.ClH/c1-14-4-2-3-9(14)11(16)13-6-8-5-12-7-10(8)15;/h2-4,8,10,12,15H,5-7H2,1H3,(H,13,16);1H. The van der Waals surface area contributed by atoms with Gasteiger partial charge in [0, 0.05) is 38.8 Å². The molecule has 3 N–H and O–H groups in total. The van der Waals surface area contributed by atoms with Gasteiger partial charge in [0.1, 0.15) is 5.69 Å². The van der Waals surface area contributed by atoms with Crippen molar-refractivity contribution in [3.05, 3.63) is 24.0 Å². The molecule has 1 amide bonds. The number of hydrogen-bond donors (Lipinski definition) is 3. The van der Waals surface area contributed by atoms with Gasteiger partial charge in [0.2, 0.25) is 0 Å². The molecule has 0 bridgehead atoms. The van der Waals surface area contributed by atoms with Crippen LogP contribution >= 0.6 is 12.4 Å². The molecule has 1 saturated heterocycles. The molecule has 0 saturated carbocycles. The lowest BCUT2D eigenvalue weighted by atomic mass is 10.1. The van der Waals surface area contributed by atoms with Crippen LogP contribution in [0.2, 0.25) is 0 Å². The van der Waals surface area contributed by atoms with Crippen molar-refractivity contribution in [1.82, 2.24) is 15.2 Å². The molecular weight excluding hydrogens is 242 g/mol. The van der Waals surface area contributed by atoms with Crippen molar-refractivity contribution in [1.29, 1.82) is 0 Å². The molecule has 1 aliphatic rings. The van der Waals surface area contributed by atoms with Crippen LogP contribution in [-0.2, 0) is 7.05 Å². The number of carbonyl (C=O) groups excluding carboxylic acids is 1. The normalized spacial score (nSPS) is 23.2. The van der Waals surface area contributed by atoms with Crippen LogP contribution in [0.5, 0.6) is 0 Å². The summed E-state index contributed by atoms with van der Waals surface area (Å²) in [5, 5.41) is 15.5. The first-order valence-electron chi connectivity index (χ1n) is 5.47. The van der Waals surface area contributed by atoms with Gasteiger partial charge in [-0.3, -0.25) is 4.79 Å². The van der Waals surface area contributed by atoms with E-state index in [0.717, 1.165) is 6.54 Å². The molecule has 5 nitrogen and oxygen atoms in total. The number of aryl methyl sites for hydroxylation is 1. The quantitative estimate of drug-likeness (QED) is 0.702. The summed E-state index contributed by atoms with van der Waals surface area (Å²) in [5.74, 6) is 0.0239. The van der Waals surface area contributed by atoms with Crippen LogP contribution in [0.25, 0.3) is 0 Å². The third kappa shape index (κ3) is 3.21. The third-order valence-corrected chi connectivity index (χ3v) is 3.01. The summed E-state index contributed by atoms with van der Waals surface area (Å²) < 4.78 is 1.78. The van der Waals surface area contributed by atoms with Gasteiger partial charge in [-0.2, -0.15) is 0 Å². The minimum absolute atomic E-state index is 0. The van der Waals surface area contributed by atoms with E-state index in [4.69, 9.17) is 0 Å². The lowest BCUT2D eigenvalue weighted by Gasteiger charge is -2.14. The Balaban J connectivity index is 0.00000144. The van der Waals surface area contributed by atoms with Crippen LogP contribution in [0.1, 0.15) is 10.5 Å². The second-order valence-corrected chi connectivity index (χ2v) is 4.20. The summed E-state index contributed by atoms with van der Waals surface area (Å²) in [6.07, 6.45) is 1.48. The molecule has 0 aromatic carbocycles. The number of aliphatic hydroxyl groups excluding tert-OH is 1. The van der Waals surface area contributed by atoms with Crippen LogP contribution in [-0.4, -0.2) is 41.3 Å². The van der Waals surface area contributed by atoms with Gasteiger partial charge in [0.15, 0.2) is 0 Å². The smallest absolute Gasteiger partial charge is 0.267 e. The van der Waals surface area contributed by atoms with E-state index in [1.807, 2.05) is 19.3 Å². The number of aliphatic hydroxyl groups is 1. The Morgan fingerprint density at radius 3 is 2.94 bits per heavy atom. The summed E-state index contributed by atoms with van der Waals surface area (Å²) in [5.41, 5.74) is 0.639. The molecule has 1 aromatic rings. The average Bonchev–Trinajstić information content (AvgIpc) is 2.84. The first kappa shape index (κ1) is 14.0. The number of aromatic nitrogens is 1. The van der Waals surface area contributed by atoms with Gasteiger partial charge in [-0.25, -0.2) is 0 Å². The summed E-state index contributed by atoms with van der Waals surface area (Å²) in [4.78, 5) is 11.8. The largest absolute Gasteiger partial charge is 0.391 e. The van der Waals surface area contributed by atoms with Crippen molar-refractivity contribution in [3.8, 4) is 0 Å². The van der Waals surface area contributed by atoms with Crippen molar-refractivity contribution < 1.29 is 9.90 Å². The van der Waals surface area contributed by atoms with Gasteiger partial charge in [-0.05, 0) is 12.1 Å². The maximum atomic E-state index is 11.8. The molecular formula is C11H18ClN3O2. The number of halogens is 1. The fourth-order valence-corrected chi connectivity index (χ4v) is 1.94. The van der Waals surface area contributed by atoms with E-state index in [9.17, 15) is 9.90 Å². The van der Waals surface area contributed by atoms with E-state index in [2.05, 4.69) is 10.6 Å². The molecule has 2 heterocycles. The molecule has 1 aliphatic heterocycles. The fraction of sp³-hybridized carbons (Fsp3) is 0.545. The van der Waals surface area contributed by atoms with E-state index in [1.165, 1.54) is 0 Å². The molecule has 1 aromatic heterocycles. The van der Waals surface area contributed by atoms with Crippen LogP contribution < -0.4 is 10.6 Å². The molecule has 2 unspecified atom stereocenters. The zero-order valence-corrected chi connectivity index (χ0v) is 10.5. The highest BCUT2D eigenvalue weighted by molar-refractivity contribution is 5.92. The molecule has 2 atom stereocenters. The van der Waals surface area contributed by atoms with Crippen LogP contribution in [0.15, 0.2) is 18.3 Å². The average molecular weight is 260 g/mol. The first-order valence-corrected chi connectivity index (χ1v) is 5.47. The van der Waals surface area contributed by atoms with E-state index in [-0.39, 0.29) is 30.3 Å². The number of amides is 1. The maximum absolute atomic E-state index is 11.8. The highest BCUT2D eigenvalue weighted by Gasteiger charge is 2.25. The predicted octanol–water partition coefficient (Wildman–Crippen LogP) is -0.243. The molecule has 0 spiro atoms. The number of β-amino-alcohol motifs (C(OH)–C–C–N with tert-alkyl or cyclic N) is 1. The van der Waals surface area contributed by atoms with E-state index < -0.39 is 0 Å². The van der Waals surface area contributed by atoms with Crippen molar-refractivity contribution in [3.63, 3.8) is 0 Å². The van der Waals surface area contributed by atoms with Crippen LogP contribution in [0, 0.1) is 5.92 Å². The fourth-order valence-electron chi connectivity index (χ4n) is 1.94. The van der Waals surface area contributed by atoms with Gasteiger partial charge in [-0.15, -0.1) is 12.4 Å². The first-order chi connectivity index (χ1) is 7.68. The second kappa shape index (κ2) is 6.05. The van der Waals surface area contributed by atoms with E-state index >= 15 is 0 Å². The van der Waals surface area contributed by atoms with Crippen LogP contribution in [0.4, 0.5) is 0 Å². The number of nitrogens with one attached hydrogen (secondary N) is 2. The number of nitrogens with zero attached hydrogens (tertiary/aromatic N) is 1. The van der Waals surface area contributed by atoms with E-state index in [1.54, 1.807) is 10.6 Å². The molecule has 1 fully saturated rings. The predicted molar refractivity (Wildman–Crippen MR) is 67.4 cm³/mol. The molecule has 2 rings (SSSR count). The maximum Gasteiger partial charge on any atom is 0.267 e. The summed E-state index contributed by atoms with van der Waals surface area (Å²) in [6.45, 7) is 1.89. The van der Waals surface area contributed by atoms with Gasteiger partial charge in [0.05, 0.1) is 6.10 Å². The lowest BCUT2D eigenvalue weighted by Crippen LogP contribution is -2.35. The number of hydrogen-bond acceptors (Lipinski definition) is 3. The molecule has 6 heteroatoms. The van der Waals surface area contributed by atoms with Gasteiger partial charge in [0.25, 0.3) is 5.91 Å². The Labute approximate surface area is 107 Å². The second-order valence-electron chi connectivity index (χ2n) is 4.20. The number of carbonyl (C=O) groups is 1. The highest BCUT2D eigenvalue weighted by Crippen LogP contribution is 2.07. The SMILES string of the molecule is Cl.Cn1cccc1C(=O)NCC1CNCC1O. The van der Waals surface area contributed by atoms with Crippen molar-refractivity contribution in [2.45, 2.75) is 6.10 Å². The van der Waals surface area contributed by atoms with E-state index in [0.29, 0.717) is 18.8 Å². The van der Waals surface area contributed by atoms with Crippen molar-refractivity contribution in [2.75, 3.05) is 19.6 Å². The minimum atomic E-state index is -0.353. The summed E-state index contributed by atoms with van der Waals surface area (Å²) >= 11 is 0. The van der Waals surface area contributed by atoms with Crippen LogP contribution in [0.3, 0.4) is 0 Å². The summed E-state index contributed by atoms with van der Waals surface area (Å²) in [7, 11) is 1.83. The topological polar surface area (TPSA) is 66.3 Å². The summed E-state index contributed by atoms with van der Waals surface area (Å²) in [6, 6.07) is 3.61. The third-order valence-electron chi connectivity index (χ3n) is 3.01. The monoisotopic (exact) mass is 259 g/mol. The van der Waals surface area contributed by atoms with Crippen molar-refractivity contribution >= 4 is 18.3 Å². The molecule has 0 radical (unpaired) electrons. The molecule has 17 heavy (non-hydrogen) atoms. The molecule has 0 aliphatic carbocycles. The Morgan fingerprint density at radius 1 is 1.65 bits per heavy atom. The number of rotatable bonds is 3. The zero-order valence-electron chi connectivity index (χ0n) is 9.72. The Hall–Kier alpha value is -1.04. The van der Waals surface area contributed by atoms with Crippen molar-refractivity contribution in [2.24, 2.45) is 13.0 Å². The van der Waals surface area contributed by atoms with Gasteiger partial charge < -0.3 is 20.3 Å². The Morgan fingerprint density at radius 2 is 2.41 bits per heavy atom.